The molecule has 0 fully saturated rings. The van der Waals surface area contributed by atoms with Gasteiger partial charge in [-0.05, 0) is 53.9 Å². The summed E-state index contributed by atoms with van der Waals surface area (Å²) in [6.07, 6.45) is 3.98. The van der Waals surface area contributed by atoms with Gasteiger partial charge in [-0.1, -0.05) is 11.6 Å². The summed E-state index contributed by atoms with van der Waals surface area (Å²) in [6, 6.07) is 2.12. The van der Waals surface area contributed by atoms with Crippen LogP contribution in [0.5, 0.6) is 0 Å². The Kier molecular flexibility index (Phi) is 3.04. The topological polar surface area (TPSA) is 12.9 Å². The molecule has 0 radical (unpaired) electrons. The highest BCUT2D eigenvalue weighted by Gasteiger charge is 1.95. The van der Waals surface area contributed by atoms with Crippen molar-refractivity contribution in [1.29, 1.82) is 0 Å². The molecule has 0 aliphatic heterocycles. The molecule has 0 spiro atoms. The maximum Gasteiger partial charge on any atom is 0.109 e. The Balaban J connectivity index is 3.05. The van der Waals surface area contributed by atoms with Crippen LogP contribution in [-0.2, 0) is 0 Å². The minimum absolute atomic E-state index is 0.924. The lowest BCUT2D eigenvalue weighted by atomic mass is 10.2. The summed E-state index contributed by atoms with van der Waals surface area (Å²) >= 11 is 3.36. The lowest BCUT2D eigenvalue weighted by Crippen LogP contribution is -1.83. The second kappa shape index (κ2) is 3.85. The zero-order valence-electron chi connectivity index (χ0n) is 7.56. The number of halogens is 1. The average molecular weight is 226 g/mol. The molecule has 1 heterocycles. The van der Waals surface area contributed by atoms with E-state index in [4.69, 9.17) is 0 Å². The van der Waals surface area contributed by atoms with E-state index in [1.807, 2.05) is 13.1 Å². The second-order valence-corrected chi connectivity index (χ2v) is 3.85. The van der Waals surface area contributed by atoms with Crippen molar-refractivity contribution in [3.05, 3.63) is 33.6 Å². The van der Waals surface area contributed by atoms with Gasteiger partial charge in [-0.25, -0.2) is 4.98 Å². The Morgan fingerprint density at radius 3 is 2.67 bits per heavy atom. The van der Waals surface area contributed by atoms with Crippen molar-refractivity contribution < 1.29 is 0 Å². The minimum Gasteiger partial charge on any atom is -0.248 e. The van der Waals surface area contributed by atoms with Gasteiger partial charge in [0.05, 0.1) is 0 Å². The van der Waals surface area contributed by atoms with Crippen molar-refractivity contribution in [3.8, 4) is 0 Å². The van der Waals surface area contributed by atoms with Crippen LogP contribution in [0.2, 0.25) is 0 Å². The molecule has 0 unspecified atom stereocenters. The van der Waals surface area contributed by atoms with Crippen LogP contribution in [0.4, 0.5) is 0 Å². The largest absolute Gasteiger partial charge is 0.248 e. The highest BCUT2D eigenvalue weighted by atomic mass is 79.9. The Hall–Kier alpha value is -0.630. The monoisotopic (exact) mass is 225 g/mol. The molecule has 0 amide bonds. The molecule has 64 valence electrons. The van der Waals surface area contributed by atoms with Crippen LogP contribution in [0.1, 0.15) is 25.0 Å². The van der Waals surface area contributed by atoms with Gasteiger partial charge in [0.25, 0.3) is 0 Å². The first-order valence-electron chi connectivity index (χ1n) is 3.86. The van der Waals surface area contributed by atoms with Gasteiger partial charge in [-0.3, -0.25) is 0 Å². The van der Waals surface area contributed by atoms with Gasteiger partial charge in [0, 0.05) is 6.20 Å². The van der Waals surface area contributed by atoms with Gasteiger partial charge < -0.3 is 0 Å². The molecule has 1 aromatic rings. The van der Waals surface area contributed by atoms with Gasteiger partial charge >= 0.3 is 0 Å². The third-order valence-corrected chi connectivity index (χ3v) is 2.32. The van der Waals surface area contributed by atoms with Crippen LogP contribution in [0, 0.1) is 6.92 Å². The molecule has 0 aliphatic carbocycles. The number of allylic oxidation sites excluding steroid dienone is 1. The molecule has 0 saturated heterocycles. The third-order valence-electron chi connectivity index (χ3n) is 1.49. The minimum atomic E-state index is 0.924. The molecule has 12 heavy (non-hydrogen) atoms. The molecule has 1 nitrogen and oxygen atoms in total. The van der Waals surface area contributed by atoms with Crippen LogP contribution in [0.15, 0.2) is 22.4 Å². The van der Waals surface area contributed by atoms with Gasteiger partial charge in [-0.2, -0.15) is 0 Å². The standard InChI is InChI=1S/C10H12BrN/c1-7(2)4-9-5-8(3)10(11)12-6-9/h4-6H,1-3H3. The number of aromatic nitrogens is 1. The third kappa shape index (κ3) is 2.45. The molecule has 0 aliphatic rings. The van der Waals surface area contributed by atoms with Crippen LogP contribution in [0.3, 0.4) is 0 Å². The summed E-state index contributed by atoms with van der Waals surface area (Å²) in [5.41, 5.74) is 3.62. The first kappa shape index (κ1) is 9.46. The van der Waals surface area contributed by atoms with Gasteiger partial charge in [0.15, 0.2) is 0 Å². The average Bonchev–Trinajstić information content (AvgIpc) is 1.96. The van der Waals surface area contributed by atoms with E-state index >= 15 is 0 Å². The number of hydrogen-bond acceptors (Lipinski definition) is 1. The summed E-state index contributed by atoms with van der Waals surface area (Å²) in [5, 5.41) is 0. The first-order chi connectivity index (χ1) is 5.59. The molecule has 0 bridgehead atoms. The van der Waals surface area contributed by atoms with Gasteiger partial charge in [-0.15, -0.1) is 0 Å². The maximum absolute atomic E-state index is 4.20. The molecule has 1 aromatic heterocycles. The van der Waals surface area contributed by atoms with Crippen molar-refractivity contribution >= 4 is 22.0 Å². The van der Waals surface area contributed by atoms with Gasteiger partial charge in [0.2, 0.25) is 0 Å². The fraction of sp³-hybridized carbons (Fsp3) is 0.300. The van der Waals surface area contributed by atoms with Crippen LogP contribution in [-0.4, -0.2) is 4.98 Å². The number of hydrogen-bond donors (Lipinski definition) is 0. The molecular weight excluding hydrogens is 214 g/mol. The first-order valence-corrected chi connectivity index (χ1v) is 4.66. The zero-order chi connectivity index (χ0) is 9.14. The maximum atomic E-state index is 4.20. The van der Waals surface area contributed by atoms with E-state index in [0.29, 0.717) is 0 Å². The Labute approximate surface area is 81.7 Å². The predicted molar refractivity (Wildman–Crippen MR) is 56.0 cm³/mol. The van der Waals surface area contributed by atoms with E-state index in [1.165, 1.54) is 11.1 Å². The van der Waals surface area contributed by atoms with E-state index in [1.54, 1.807) is 0 Å². The molecule has 0 aromatic carbocycles. The molecule has 0 atom stereocenters. The number of aryl methyl sites for hydroxylation is 1. The Morgan fingerprint density at radius 2 is 2.17 bits per heavy atom. The van der Waals surface area contributed by atoms with Crippen LogP contribution >= 0.6 is 15.9 Å². The SMILES string of the molecule is CC(C)=Cc1cnc(Br)c(C)c1. The number of pyridine rings is 1. The fourth-order valence-corrected chi connectivity index (χ4v) is 1.21. The van der Waals surface area contributed by atoms with E-state index < -0.39 is 0 Å². The quantitative estimate of drug-likeness (QED) is 0.667. The summed E-state index contributed by atoms with van der Waals surface area (Å²) < 4.78 is 0.924. The summed E-state index contributed by atoms with van der Waals surface area (Å²) in [6.45, 7) is 6.20. The van der Waals surface area contributed by atoms with Crippen molar-refractivity contribution in [2.45, 2.75) is 20.8 Å². The number of rotatable bonds is 1. The molecular formula is C10H12BrN. The Morgan fingerprint density at radius 1 is 1.50 bits per heavy atom. The lowest BCUT2D eigenvalue weighted by Gasteiger charge is -1.98. The molecule has 0 N–H and O–H groups in total. The fourth-order valence-electron chi connectivity index (χ4n) is 0.992. The summed E-state index contributed by atoms with van der Waals surface area (Å²) in [4.78, 5) is 4.20. The predicted octanol–water partition coefficient (Wildman–Crippen LogP) is 3.58. The Bertz CT molecular complexity index is 312. The molecule has 1 rings (SSSR count). The van der Waals surface area contributed by atoms with Crippen LogP contribution in [0.25, 0.3) is 6.08 Å². The van der Waals surface area contributed by atoms with Crippen molar-refractivity contribution in [2.75, 3.05) is 0 Å². The zero-order valence-corrected chi connectivity index (χ0v) is 9.14. The van der Waals surface area contributed by atoms with E-state index in [0.717, 1.165) is 10.2 Å². The highest BCUT2D eigenvalue weighted by molar-refractivity contribution is 9.10. The normalized spacial score (nSPS) is 9.67. The molecule has 2 heteroatoms. The van der Waals surface area contributed by atoms with Crippen molar-refractivity contribution in [1.82, 2.24) is 4.98 Å². The van der Waals surface area contributed by atoms with E-state index in [9.17, 15) is 0 Å². The lowest BCUT2D eigenvalue weighted by molar-refractivity contribution is 1.21. The van der Waals surface area contributed by atoms with E-state index in [2.05, 4.69) is 46.9 Å². The number of nitrogens with zero attached hydrogens (tertiary/aromatic N) is 1. The second-order valence-electron chi connectivity index (χ2n) is 3.10. The van der Waals surface area contributed by atoms with Gasteiger partial charge in [0.1, 0.15) is 4.60 Å². The molecule has 0 saturated carbocycles. The van der Waals surface area contributed by atoms with Crippen molar-refractivity contribution in [2.24, 2.45) is 0 Å². The summed E-state index contributed by atoms with van der Waals surface area (Å²) in [5.74, 6) is 0. The van der Waals surface area contributed by atoms with Crippen LogP contribution < -0.4 is 0 Å². The smallest absolute Gasteiger partial charge is 0.109 e. The summed E-state index contributed by atoms with van der Waals surface area (Å²) in [7, 11) is 0. The van der Waals surface area contributed by atoms with E-state index in [-0.39, 0.29) is 0 Å². The highest BCUT2D eigenvalue weighted by Crippen LogP contribution is 2.15. The van der Waals surface area contributed by atoms with Crippen molar-refractivity contribution in [3.63, 3.8) is 0 Å².